The molecule has 0 bridgehead atoms. The van der Waals surface area contributed by atoms with E-state index in [2.05, 4.69) is 17.8 Å². The van der Waals surface area contributed by atoms with Gasteiger partial charge in [0.2, 0.25) is 0 Å². The third-order valence-electron chi connectivity index (χ3n) is 1.06. The van der Waals surface area contributed by atoms with Crippen molar-refractivity contribution in [3.63, 3.8) is 0 Å². The van der Waals surface area contributed by atoms with Crippen LogP contribution in [0.2, 0.25) is 0 Å². The molecule has 0 aromatic carbocycles. The Morgan fingerprint density at radius 3 is 3.00 bits per heavy atom. The largest absolute Gasteiger partial charge is 0.297 e. The number of hydrogen-bond donors (Lipinski definition) is 2. The Morgan fingerprint density at radius 1 is 1.73 bits per heavy atom. The zero-order valence-corrected chi connectivity index (χ0v) is 6.31. The summed E-state index contributed by atoms with van der Waals surface area (Å²) in [6, 6.07) is 2.20. The lowest BCUT2D eigenvalue weighted by Gasteiger charge is -1.95. The Hall–Kier alpha value is -1.10. The number of rotatable bonds is 1. The first-order chi connectivity index (χ1) is 5.24. The van der Waals surface area contributed by atoms with Crippen LogP contribution in [-0.2, 0) is 0 Å². The second-order valence-electron chi connectivity index (χ2n) is 1.80. The predicted octanol–water partition coefficient (Wildman–Crippen LogP) is 0.795. The maximum Gasteiger partial charge on any atom is 0.279 e. The summed E-state index contributed by atoms with van der Waals surface area (Å²) in [6.45, 7) is 0. The third-order valence-corrected chi connectivity index (χ3v) is 1.26. The van der Waals surface area contributed by atoms with E-state index >= 15 is 0 Å². The Kier molecular flexibility index (Phi) is 2.43. The fraction of sp³-hybridized carbons (Fsp3) is 0. The molecule has 5 heteroatoms. The molecule has 0 saturated carbocycles. The summed E-state index contributed by atoms with van der Waals surface area (Å²) in [5, 5.41) is 0. The molecule has 11 heavy (non-hydrogen) atoms. The fourth-order valence-corrected chi connectivity index (χ4v) is 0.701. The van der Waals surface area contributed by atoms with Gasteiger partial charge in [-0.05, 0) is 6.07 Å². The quantitative estimate of drug-likeness (QED) is 0.615. The van der Waals surface area contributed by atoms with E-state index in [1.54, 1.807) is 0 Å². The number of halogens is 1. The highest BCUT2D eigenvalue weighted by atomic mass is 32.1. The van der Waals surface area contributed by atoms with Crippen molar-refractivity contribution >= 4 is 18.7 Å². The molecule has 0 aliphatic carbocycles. The Morgan fingerprint density at radius 2 is 2.45 bits per heavy atom. The molecular weight excluding hydrogens is 167 g/mol. The smallest absolute Gasteiger partial charge is 0.279 e. The van der Waals surface area contributed by atoms with Crippen LogP contribution in [0.5, 0.6) is 0 Å². The van der Waals surface area contributed by atoms with E-state index in [1.807, 2.05) is 4.72 Å². The molecule has 0 aliphatic heterocycles. The summed E-state index contributed by atoms with van der Waals surface area (Å²) in [4.78, 5) is 14.4. The third kappa shape index (κ3) is 1.91. The minimum atomic E-state index is -0.521. The standard InChI is InChI=1S/C6H5FN2OS/c7-4-1-2-8-5(3-4)6(10)9-11/h1-3,11H,(H,9,10). The summed E-state index contributed by atoms with van der Waals surface area (Å²) >= 11 is 3.50. The first-order valence-corrected chi connectivity index (χ1v) is 3.25. The first kappa shape index (κ1) is 8.00. The number of amides is 1. The normalized spacial score (nSPS) is 9.27. The maximum absolute atomic E-state index is 12.4. The SMILES string of the molecule is O=C(NS)c1cc(F)ccn1. The minimum absolute atomic E-state index is 0.0139. The monoisotopic (exact) mass is 172 g/mol. The lowest BCUT2D eigenvalue weighted by molar-refractivity contribution is 0.0979. The molecule has 0 spiro atoms. The van der Waals surface area contributed by atoms with E-state index in [0.29, 0.717) is 0 Å². The van der Waals surface area contributed by atoms with Crippen molar-refractivity contribution in [3.8, 4) is 0 Å². The van der Waals surface area contributed by atoms with Gasteiger partial charge >= 0.3 is 0 Å². The van der Waals surface area contributed by atoms with Gasteiger partial charge in [0.25, 0.3) is 5.91 Å². The van der Waals surface area contributed by atoms with E-state index in [-0.39, 0.29) is 5.69 Å². The van der Waals surface area contributed by atoms with Crippen LogP contribution >= 0.6 is 12.8 Å². The molecule has 1 rings (SSSR count). The molecule has 0 fully saturated rings. The topological polar surface area (TPSA) is 42.0 Å². The van der Waals surface area contributed by atoms with E-state index in [4.69, 9.17) is 0 Å². The van der Waals surface area contributed by atoms with Crippen LogP contribution in [-0.4, -0.2) is 10.9 Å². The Labute approximate surface area is 68.2 Å². The number of nitrogens with one attached hydrogen (secondary N) is 1. The molecular formula is C6H5FN2OS. The fourth-order valence-electron chi connectivity index (χ4n) is 0.586. The van der Waals surface area contributed by atoms with Crippen LogP contribution in [0.3, 0.4) is 0 Å². The zero-order chi connectivity index (χ0) is 8.27. The van der Waals surface area contributed by atoms with Crippen molar-refractivity contribution in [2.45, 2.75) is 0 Å². The van der Waals surface area contributed by atoms with E-state index < -0.39 is 11.7 Å². The van der Waals surface area contributed by atoms with Crippen LogP contribution in [0, 0.1) is 5.82 Å². The van der Waals surface area contributed by atoms with Gasteiger partial charge < -0.3 is 0 Å². The Balaban J connectivity index is 2.96. The highest BCUT2D eigenvalue weighted by Gasteiger charge is 2.04. The van der Waals surface area contributed by atoms with E-state index in [0.717, 1.165) is 12.1 Å². The van der Waals surface area contributed by atoms with Crippen molar-refractivity contribution in [2.75, 3.05) is 0 Å². The molecule has 0 unspecified atom stereocenters. The average Bonchev–Trinajstić information content (AvgIpc) is 2.03. The average molecular weight is 172 g/mol. The van der Waals surface area contributed by atoms with Gasteiger partial charge in [-0.3, -0.25) is 14.5 Å². The zero-order valence-electron chi connectivity index (χ0n) is 5.41. The van der Waals surface area contributed by atoms with Crippen molar-refractivity contribution in [1.29, 1.82) is 0 Å². The van der Waals surface area contributed by atoms with Gasteiger partial charge in [0.05, 0.1) is 0 Å². The van der Waals surface area contributed by atoms with Gasteiger partial charge in [0, 0.05) is 12.3 Å². The number of pyridine rings is 1. The number of nitrogens with zero attached hydrogens (tertiary/aromatic N) is 1. The highest BCUT2D eigenvalue weighted by Crippen LogP contribution is 1.98. The lowest BCUT2D eigenvalue weighted by Crippen LogP contribution is -2.14. The molecule has 3 nitrogen and oxygen atoms in total. The predicted molar refractivity (Wildman–Crippen MR) is 40.6 cm³/mol. The summed E-state index contributed by atoms with van der Waals surface area (Å²) in [7, 11) is 0. The molecule has 0 saturated heterocycles. The summed E-state index contributed by atoms with van der Waals surface area (Å²) in [5.41, 5.74) is 0.0139. The first-order valence-electron chi connectivity index (χ1n) is 2.80. The van der Waals surface area contributed by atoms with Gasteiger partial charge in [-0.1, -0.05) is 12.8 Å². The molecule has 1 aromatic rings. The van der Waals surface area contributed by atoms with Crippen molar-refractivity contribution in [3.05, 3.63) is 29.8 Å². The number of carbonyl (C=O) groups is 1. The van der Waals surface area contributed by atoms with Gasteiger partial charge in [-0.25, -0.2) is 4.39 Å². The van der Waals surface area contributed by atoms with E-state index in [9.17, 15) is 9.18 Å². The van der Waals surface area contributed by atoms with Crippen molar-refractivity contribution < 1.29 is 9.18 Å². The molecule has 0 radical (unpaired) electrons. The van der Waals surface area contributed by atoms with Crippen molar-refractivity contribution in [2.24, 2.45) is 0 Å². The van der Waals surface area contributed by atoms with Crippen LogP contribution in [0.15, 0.2) is 18.3 Å². The number of carbonyl (C=O) groups excluding carboxylic acids is 1. The van der Waals surface area contributed by atoms with Crippen LogP contribution in [0.4, 0.5) is 4.39 Å². The molecule has 1 N–H and O–H groups in total. The highest BCUT2D eigenvalue weighted by molar-refractivity contribution is 7.78. The van der Waals surface area contributed by atoms with Gasteiger partial charge in [0.15, 0.2) is 0 Å². The van der Waals surface area contributed by atoms with Gasteiger partial charge in [-0.2, -0.15) is 0 Å². The molecule has 58 valence electrons. The second kappa shape index (κ2) is 3.34. The van der Waals surface area contributed by atoms with Crippen LogP contribution < -0.4 is 4.72 Å². The lowest BCUT2D eigenvalue weighted by atomic mass is 10.3. The number of thiol groups is 1. The Bertz CT molecular complexity index is 279. The summed E-state index contributed by atoms with van der Waals surface area (Å²) in [5.74, 6) is -1.01. The molecule has 1 aromatic heterocycles. The van der Waals surface area contributed by atoms with Crippen LogP contribution in [0.1, 0.15) is 10.5 Å². The van der Waals surface area contributed by atoms with Gasteiger partial charge in [-0.15, -0.1) is 0 Å². The molecule has 1 amide bonds. The summed E-state index contributed by atoms with van der Waals surface area (Å²) < 4.78 is 14.5. The second-order valence-corrected chi connectivity index (χ2v) is 2.02. The summed E-state index contributed by atoms with van der Waals surface area (Å²) in [6.07, 6.45) is 1.22. The number of hydrogen-bond acceptors (Lipinski definition) is 3. The molecule has 1 heterocycles. The number of aromatic nitrogens is 1. The molecule has 0 aliphatic rings. The minimum Gasteiger partial charge on any atom is -0.297 e. The molecule has 0 atom stereocenters. The van der Waals surface area contributed by atoms with Crippen molar-refractivity contribution in [1.82, 2.24) is 9.71 Å². The maximum atomic E-state index is 12.4. The van der Waals surface area contributed by atoms with Gasteiger partial charge in [0.1, 0.15) is 11.5 Å². The van der Waals surface area contributed by atoms with E-state index in [1.165, 1.54) is 6.20 Å². The van der Waals surface area contributed by atoms with Crippen LogP contribution in [0.25, 0.3) is 0 Å².